The van der Waals surface area contributed by atoms with Crippen molar-refractivity contribution in [3.8, 4) is 0 Å². The second kappa shape index (κ2) is 7.35. The molecule has 5 nitrogen and oxygen atoms in total. The number of likely N-dealkylation sites (tertiary alicyclic amines) is 1. The molecule has 1 saturated heterocycles. The summed E-state index contributed by atoms with van der Waals surface area (Å²) >= 11 is 3.00. The van der Waals surface area contributed by atoms with E-state index in [1.165, 1.54) is 28.6 Å². The maximum absolute atomic E-state index is 12.6. The number of carbonyl (C=O) groups is 1. The summed E-state index contributed by atoms with van der Waals surface area (Å²) in [4.78, 5) is 36.8. The van der Waals surface area contributed by atoms with Crippen molar-refractivity contribution in [1.82, 2.24) is 14.9 Å². The minimum absolute atomic E-state index is 0.0525. The zero-order valence-corrected chi connectivity index (χ0v) is 17.0. The van der Waals surface area contributed by atoms with Crippen molar-refractivity contribution in [1.29, 1.82) is 0 Å². The topological polar surface area (TPSA) is 66.1 Å². The van der Waals surface area contributed by atoms with Gasteiger partial charge in [-0.15, -0.1) is 11.3 Å². The molecule has 0 bridgehead atoms. The molecule has 2 aromatic rings. The van der Waals surface area contributed by atoms with E-state index >= 15 is 0 Å². The van der Waals surface area contributed by atoms with Crippen LogP contribution in [0.25, 0.3) is 10.2 Å². The van der Waals surface area contributed by atoms with Gasteiger partial charge in [-0.1, -0.05) is 18.7 Å². The van der Waals surface area contributed by atoms with Crippen molar-refractivity contribution >= 4 is 39.2 Å². The zero-order valence-electron chi connectivity index (χ0n) is 15.3. The maximum Gasteiger partial charge on any atom is 0.260 e. The Labute approximate surface area is 161 Å². The Balaban J connectivity index is 1.52. The summed E-state index contributed by atoms with van der Waals surface area (Å²) in [5.41, 5.74) is 1.15. The van der Waals surface area contributed by atoms with Gasteiger partial charge in [-0.25, -0.2) is 4.98 Å². The van der Waals surface area contributed by atoms with Crippen LogP contribution in [0.15, 0.2) is 9.95 Å². The predicted octanol–water partition coefficient (Wildman–Crippen LogP) is 3.60. The average molecular weight is 392 g/mol. The highest BCUT2D eigenvalue weighted by molar-refractivity contribution is 7.99. The van der Waals surface area contributed by atoms with Crippen LogP contribution >= 0.6 is 23.1 Å². The molecule has 2 aliphatic rings. The molecule has 1 aliphatic heterocycles. The Hall–Kier alpha value is -1.34. The van der Waals surface area contributed by atoms with E-state index in [0.29, 0.717) is 22.9 Å². The Morgan fingerprint density at radius 1 is 1.35 bits per heavy atom. The van der Waals surface area contributed by atoms with Crippen molar-refractivity contribution < 1.29 is 4.79 Å². The number of thioether (sulfide) groups is 1. The number of nitrogens with one attached hydrogen (secondary N) is 1. The van der Waals surface area contributed by atoms with E-state index in [2.05, 4.69) is 23.8 Å². The van der Waals surface area contributed by atoms with Gasteiger partial charge in [0.25, 0.3) is 5.56 Å². The smallest absolute Gasteiger partial charge is 0.260 e. The number of hydrogen-bond donors (Lipinski definition) is 1. The molecule has 2 unspecified atom stereocenters. The van der Waals surface area contributed by atoms with Gasteiger partial charge in [0.15, 0.2) is 5.16 Å². The number of rotatable bonds is 3. The summed E-state index contributed by atoms with van der Waals surface area (Å²) in [5.74, 6) is 1.15. The second-order valence-electron chi connectivity index (χ2n) is 7.62. The lowest BCUT2D eigenvalue weighted by molar-refractivity contribution is -0.131. The number of carbonyl (C=O) groups excluding carboxylic acids is 1. The van der Waals surface area contributed by atoms with Crippen LogP contribution in [0, 0.1) is 5.92 Å². The summed E-state index contributed by atoms with van der Waals surface area (Å²) in [6.07, 6.45) is 6.52. The number of thiophene rings is 1. The lowest BCUT2D eigenvalue weighted by Gasteiger charge is -2.33. The normalized spacial score (nSPS) is 23.2. The lowest BCUT2D eigenvalue weighted by atomic mass is 9.89. The van der Waals surface area contributed by atoms with Gasteiger partial charge in [0.2, 0.25) is 5.91 Å². The lowest BCUT2D eigenvalue weighted by Crippen LogP contribution is -2.43. The molecule has 1 aliphatic carbocycles. The van der Waals surface area contributed by atoms with Gasteiger partial charge in [0.1, 0.15) is 4.83 Å². The van der Waals surface area contributed by atoms with E-state index in [-0.39, 0.29) is 11.5 Å². The molecule has 0 spiro atoms. The van der Waals surface area contributed by atoms with Gasteiger partial charge in [0.05, 0.1) is 11.1 Å². The van der Waals surface area contributed by atoms with Crippen molar-refractivity contribution in [2.24, 2.45) is 5.92 Å². The molecule has 2 aromatic heterocycles. The van der Waals surface area contributed by atoms with Crippen molar-refractivity contribution in [3.63, 3.8) is 0 Å². The molecule has 26 heavy (non-hydrogen) atoms. The molecule has 7 heteroatoms. The Morgan fingerprint density at radius 2 is 2.19 bits per heavy atom. The maximum atomic E-state index is 12.6. The molecule has 4 rings (SSSR count). The standard InChI is InChI=1S/C19H25N3O2S2/c1-11-6-7-13-14(9-11)26-18-16(13)17(24)20-19(21-18)25-10-15(23)22-8-4-3-5-12(22)2/h11-12H,3-10H2,1-2H3,(H,20,21,24). The van der Waals surface area contributed by atoms with Crippen LogP contribution in [0.2, 0.25) is 0 Å². The van der Waals surface area contributed by atoms with Gasteiger partial charge in [-0.3, -0.25) is 9.59 Å². The van der Waals surface area contributed by atoms with Crippen LogP contribution < -0.4 is 5.56 Å². The number of H-pyrrole nitrogens is 1. The predicted molar refractivity (Wildman–Crippen MR) is 107 cm³/mol. The first-order chi connectivity index (χ1) is 12.5. The fraction of sp³-hybridized carbons (Fsp3) is 0.632. The SMILES string of the molecule is CC1CCc2c(sc3nc(SCC(=O)N4CCCCC4C)[nH]c(=O)c23)C1. The molecule has 1 amide bonds. The molecule has 3 heterocycles. The van der Waals surface area contributed by atoms with Crippen LogP contribution in [0.4, 0.5) is 0 Å². The first kappa shape index (κ1) is 18.0. The fourth-order valence-electron chi connectivity index (χ4n) is 4.08. The molecule has 1 N–H and O–H groups in total. The number of aromatic amines is 1. The Morgan fingerprint density at radius 3 is 3.00 bits per heavy atom. The quantitative estimate of drug-likeness (QED) is 0.641. The monoisotopic (exact) mass is 391 g/mol. The van der Waals surface area contributed by atoms with E-state index in [0.717, 1.165) is 48.9 Å². The van der Waals surface area contributed by atoms with Crippen LogP contribution in [0.1, 0.15) is 50.0 Å². The van der Waals surface area contributed by atoms with E-state index in [1.54, 1.807) is 11.3 Å². The summed E-state index contributed by atoms with van der Waals surface area (Å²) in [7, 11) is 0. The number of hydrogen-bond acceptors (Lipinski definition) is 5. The summed E-state index contributed by atoms with van der Waals surface area (Å²) in [5, 5.41) is 1.34. The van der Waals surface area contributed by atoms with E-state index in [1.807, 2.05) is 4.90 Å². The Kier molecular flexibility index (Phi) is 5.10. The highest BCUT2D eigenvalue weighted by Gasteiger charge is 2.25. The largest absolute Gasteiger partial charge is 0.339 e. The zero-order chi connectivity index (χ0) is 18.3. The number of aromatic nitrogens is 2. The van der Waals surface area contributed by atoms with Gasteiger partial charge in [0, 0.05) is 17.5 Å². The minimum atomic E-state index is -0.0525. The highest BCUT2D eigenvalue weighted by Crippen LogP contribution is 2.36. The molecule has 0 radical (unpaired) electrons. The van der Waals surface area contributed by atoms with E-state index in [4.69, 9.17) is 0 Å². The van der Waals surface area contributed by atoms with E-state index < -0.39 is 0 Å². The van der Waals surface area contributed by atoms with E-state index in [9.17, 15) is 9.59 Å². The summed E-state index contributed by atoms with van der Waals surface area (Å²) < 4.78 is 0. The fourth-order valence-corrected chi connectivity index (χ4v) is 6.27. The van der Waals surface area contributed by atoms with Crippen LogP contribution in [0.5, 0.6) is 0 Å². The number of amides is 1. The van der Waals surface area contributed by atoms with Crippen LogP contribution in [-0.4, -0.2) is 39.1 Å². The van der Waals surface area contributed by atoms with Crippen LogP contribution in [-0.2, 0) is 17.6 Å². The summed E-state index contributed by atoms with van der Waals surface area (Å²) in [6, 6.07) is 0.317. The second-order valence-corrected chi connectivity index (χ2v) is 9.67. The molecule has 0 saturated carbocycles. The van der Waals surface area contributed by atoms with Crippen LogP contribution in [0.3, 0.4) is 0 Å². The molecule has 0 aromatic carbocycles. The highest BCUT2D eigenvalue weighted by atomic mass is 32.2. The third kappa shape index (κ3) is 3.43. The first-order valence-electron chi connectivity index (χ1n) is 9.49. The van der Waals surface area contributed by atoms with Crippen molar-refractivity contribution in [2.75, 3.05) is 12.3 Å². The minimum Gasteiger partial charge on any atom is -0.339 e. The number of fused-ring (bicyclic) bond motifs is 3. The number of aryl methyl sites for hydroxylation is 1. The van der Waals surface area contributed by atoms with Crippen molar-refractivity contribution in [2.45, 2.75) is 63.6 Å². The van der Waals surface area contributed by atoms with Crippen molar-refractivity contribution in [3.05, 3.63) is 20.8 Å². The molecule has 140 valence electrons. The van der Waals surface area contributed by atoms with Gasteiger partial charge in [-0.2, -0.15) is 0 Å². The van der Waals surface area contributed by atoms with Gasteiger partial charge >= 0.3 is 0 Å². The molecule has 1 fully saturated rings. The van der Waals surface area contributed by atoms with Gasteiger partial charge in [-0.05, 0) is 56.9 Å². The molecular weight excluding hydrogens is 366 g/mol. The number of piperidine rings is 1. The average Bonchev–Trinajstić information content (AvgIpc) is 2.97. The third-order valence-corrected chi connectivity index (χ3v) is 7.61. The Bertz CT molecular complexity index is 889. The third-order valence-electron chi connectivity index (χ3n) is 5.60. The number of nitrogens with zero attached hydrogens (tertiary/aromatic N) is 2. The molecule has 2 atom stereocenters. The summed E-state index contributed by atoms with van der Waals surface area (Å²) in [6.45, 7) is 5.23. The van der Waals surface area contributed by atoms with Gasteiger partial charge < -0.3 is 9.88 Å². The molecular formula is C19H25N3O2S2. The first-order valence-corrected chi connectivity index (χ1v) is 11.3.